The van der Waals surface area contributed by atoms with E-state index in [9.17, 15) is 0 Å². The predicted molar refractivity (Wildman–Crippen MR) is 169 cm³/mol. The molecule has 0 saturated heterocycles. The molecule has 0 aromatic carbocycles. The summed E-state index contributed by atoms with van der Waals surface area (Å²) in [5.41, 5.74) is 18.2. The van der Waals surface area contributed by atoms with Crippen molar-refractivity contribution < 1.29 is 0 Å². The second kappa shape index (κ2) is 7.80. The van der Waals surface area contributed by atoms with Crippen LogP contribution in [0.1, 0.15) is 84.3 Å². The lowest BCUT2D eigenvalue weighted by molar-refractivity contribution is 0.558. The molecule has 3 aromatic heterocycles. The summed E-state index contributed by atoms with van der Waals surface area (Å²) in [5, 5.41) is 0. The summed E-state index contributed by atoms with van der Waals surface area (Å²) in [4.78, 5) is 18.5. The van der Waals surface area contributed by atoms with Gasteiger partial charge in [0, 0.05) is 57.6 Å². The Kier molecular flexibility index (Phi) is 4.16. The van der Waals surface area contributed by atoms with Crippen LogP contribution in [0.5, 0.6) is 0 Å². The third-order valence-electron chi connectivity index (χ3n) is 11.5. The zero-order valence-electron chi connectivity index (χ0n) is 23.5. The minimum absolute atomic E-state index is 0.468. The van der Waals surface area contributed by atoms with Gasteiger partial charge in [0.25, 0.3) is 0 Å². The summed E-state index contributed by atoms with van der Waals surface area (Å²) in [7, 11) is 0. The van der Waals surface area contributed by atoms with Crippen LogP contribution in [0.4, 0.5) is 0 Å². The first-order chi connectivity index (χ1) is 20.7. The zero-order valence-corrected chi connectivity index (χ0v) is 23.5. The molecule has 14 rings (SSSR count). The van der Waals surface area contributed by atoms with E-state index >= 15 is 0 Å². The number of aromatic amines is 2. The van der Waals surface area contributed by atoms with E-state index in [-0.39, 0.29) is 0 Å². The van der Waals surface area contributed by atoms with Gasteiger partial charge < -0.3 is 9.97 Å². The summed E-state index contributed by atoms with van der Waals surface area (Å²) in [5.74, 6) is 2.83. The van der Waals surface area contributed by atoms with Gasteiger partial charge in [-0.15, -0.1) is 0 Å². The van der Waals surface area contributed by atoms with Gasteiger partial charge in [0.2, 0.25) is 0 Å². The summed E-state index contributed by atoms with van der Waals surface area (Å²) in [6, 6.07) is 13.8. The fraction of sp³-hybridized carbons (Fsp3) is 0.316. The van der Waals surface area contributed by atoms with Gasteiger partial charge in [0.05, 0.1) is 22.8 Å². The second-order valence-corrected chi connectivity index (χ2v) is 13.7. The van der Waals surface area contributed by atoms with E-state index in [4.69, 9.17) is 9.97 Å². The molecule has 42 heavy (non-hydrogen) atoms. The zero-order chi connectivity index (χ0) is 27.1. The number of nitrogens with zero attached hydrogens (tertiary/aromatic N) is 2. The quantitative estimate of drug-likeness (QED) is 0.278. The maximum atomic E-state index is 5.39. The molecule has 4 nitrogen and oxygen atoms in total. The molecule has 11 aliphatic rings. The van der Waals surface area contributed by atoms with Crippen LogP contribution < -0.4 is 0 Å². The number of rotatable bonds is 0. The molecule has 14 bridgehead atoms. The van der Waals surface area contributed by atoms with E-state index < -0.39 is 0 Å². The predicted octanol–water partition coefficient (Wildman–Crippen LogP) is 8.86. The standard InChI is InChI=1S/C38H32N4/c1-5-21-6-2-19(1)33-27-15-25-13-14-26(39-25)16-28-34-20-3-7-22(8-4-20)36(34)30(41-28)18-32-38-24-11-9-23(10-12-24)37(38)31(42-32)17-29(40-27)35(21)33/h1,3,5,7,9,11,13-24,39,42H,2,4,6,8,10,12H2. The van der Waals surface area contributed by atoms with Crippen LogP contribution >= 0.6 is 0 Å². The minimum Gasteiger partial charge on any atom is -0.355 e. The molecular weight excluding hydrogens is 512 g/mol. The summed E-state index contributed by atoms with van der Waals surface area (Å²) in [6.45, 7) is 0. The van der Waals surface area contributed by atoms with Crippen molar-refractivity contribution in [2.24, 2.45) is 23.7 Å². The Morgan fingerprint density at radius 3 is 1.17 bits per heavy atom. The molecule has 2 N–H and O–H groups in total. The molecule has 9 aliphatic carbocycles. The molecule has 2 aliphatic heterocycles. The van der Waals surface area contributed by atoms with Crippen molar-refractivity contribution >= 4 is 44.4 Å². The third kappa shape index (κ3) is 2.88. The van der Waals surface area contributed by atoms with Gasteiger partial charge in [-0.25, -0.2) is 9.97 Å². The fourth-order valence-electron chi connectivity index (χ4n) is 9.72. The number of H-pyrrole nitrogens is 2. The Balaban J connectivity index is 1.27. The summed E-state index contributed by atoms with van der Waals surface area (Å²) in [6.07, 6.45) is 22.1. The lowest BCUT2D eigenvalue weighted by atomic mass is 9.70. The maximum absolute atomic E-state index is 5.39. The fourth-order valence-corrected chi connectivity index (χ4v) is 9.72. The van der Waals surface area contributed by atoms with Crippen molar-refractivity contribution in [3.8, 4) is 0 Å². The molecule has 5 heterocycles. The number of nitrogens with one attached hydrogen (secondary N) is 2. The van der Waals surface area contributed by atoms with Gasteiger partial charge in [-0.05, 0) is 108 Å². The molecule has 204 valence electrons. The van der Waals surface area contributed by atoms with Crippen molar-refractivity contribution in [2.45, 2.75) is 50.4 Å². The van der Waals surface area contributed by atoms with Gasteiger partial charge in [-0.1, -0.05) is 36.5 Å². The van der Waals surface area contributed by atoms with Gasteiger partial charge in [0.15, 0.2) is 0 Å². The second-order valence-electron chi connectivity index (χ2n) is 13.7. The number of fused-ring (bicyclic) bond motifs is 11. The average molecular weight is 545 g/mol. The molecule has 0 spiro atoms. The lowest BCUT2D eigenvalue weighted by Gasteiger charge is -2.33. The van der Waals surface area contributed by atoms with E-state index in [1.54, 1.807) is 0 Å². The third-order valence-corrected chi connectivity index (χ3v) is 11.5. The van der Waals surface area contributed by atoms with Crippen molar-refractivity contribution in [3.63, 3.8) is 0 Å². The van der Waals surface area contributed by atoms with Crippen LogP contribution in [0.3, 0.4) is 0 Å². The minimum atomic E-state index is 0.468. The maximum Gasteiger partial charge on any atom is 0.0699 e. The normalized spacial score (nSPS) is 30.8. The Bertz CT molecular complexity index is 1950. The molecular formula is C38H32N4. The van der Waals surface area contributed by atoms with E-state index in [2.05, 4.69) is 82.8 Å². The van der Waals surface area contributed by atoms with Gasteiger partial charge in [-0.2, -0.15) is 0 Å². The SMILES string of the molecule is C1=CC2CCC1C1=C2c2cc3[nH]c(cc4nc(cc5ccc(cc1n2)[nH]5)C1=C4C2C=CC1CC2)c1c3C2C=CC1CC2. The number of allylic oxidation sites excluding steroid dienone is 10. The Morgan fingerprint density at radius 2 is 0.786 bits per heavy atom. The highest BCUT2D eigenvalue weighted by molar-refractivity contribution is 6.00. The monoisotopic (exact) mass is 544 g/mol. The van der Waals surface area contributed by atoms with Crippen molar-refractivity contribution in [1.29, 1.82) is 0 Å². The molecule has 0 fully saturated rings. The topological polar surface area (TPSA) is 57.4 Å². The molecule has 0 saturated carbocycles. The van der Waals surface area contributed by atoms with Crippen LogP contribution in [0, 0.1) is 23.7 Å². The largest absolute Gasteiger partial charge is 0.355 e. The van der Waals surface area contributed by atoms with Crippen LogP contribution in [-0.2, 0) is 0 Å². The van der Waals surface area contributed by atoms with E-state index in [0.29, 0.717) is 35.5 Å². The molecule has 4 heteroatoms. The van der Waals surface area contributed by atoms with Gasteiger partial charge >= 0.3 is 0 Å². The van der Waals surface area contributed by atoms with Crippen molar-refractivity contribution in [1.82, 2.24) is 19.9 Å². The van der Waals surface area contributed by atoms with Crippen LogP contribution in [-0.4, -0.2) is 19.9 Å². The highest BCUT2D eigenvalue weighted by Gasteiger charge is 2.39. The van der Waals surface area contributed by atoms with Crippen molar-refractivity contribution in [3.05, 3.63) is 107 Å². The van der Waals surface area contributed by atoms with Gasteiger partial charge in [-0.3, -0.25) is 0 Å². The molecule has 6 unspecified atom stereocenters. The van der Waals surface area contributed by atoms with Crippen LogP contribution in [0.25, 0.3) is 44.4 Å². The molecule has 0 radical (unpaired) electrons. The number of hydrogen-bond donors (Lipinski definition) is 2. The smallest absolute Gasteiger partial charge is 0.0699 e. The van der Waals surface area contributed by atoms with E-state index in [0.717, 1.165) is 33.8 Å². The number of hydrogen-bond acceptors (Lipinski definition) is 2. The first-order valence-corrected chi connectivity index (χ1v) is 16.0. The molecule has 6 atom stereocenters. The van der Waals surface area contributed by atoms with Crippen LogP contribution in [0.15, 0.2) is 72.9 Å². The van der Waals surface area contributed by atoms with Crippen molar-refractivity contribution in [2.75, 3.05) is 0 Å². The molecule has 0 amide bonds. The highest BCUT2D eigenvalue weighted by atomic mass is 14.8. The Labute approximate surface area is 244 Å². The first kappa shape index (κ1) is 22.4. The van der Waals surface area contributed by atoms with Crippen LogP contribution in [0.2, 0.25) is 0 Å². The summed E-state index contributed by atoms with van der Waals surface area (Å²) >= 11 is 0. The van der Waals surface area contributed by atoms with E-state index in [1.807, 2.05) is 0 Å². The Morgan fingerprint density at radius 1 is 0.429 bits per heavy atom. The Hall–Kier alpha value is -4.18. The van der Waals surface area contributed by atoms with Gasteiger partial charge in [0.1, 0.15) is 0 Å². The lowest BCUT2D eigenvalue weighted by Crippen LogP contribution is -2.18. The summed E-state index contributed by atoms with van der Waals surface area (Å²) < 4.78 is 0. The highest BCUT2D eigenvalue weighted by Crippen LogP contribution is 2.54. The van der Waals surface area contributed by atoms with E-state index in [1.165, 1.54) is 83.0 Å². The molecule has 3 aromatic rings. The first-order valence-electron chi connectivity index (χ1n) is 16.0. The average Bonchev–Trinajstić information content (AvgIpc) is 3.82. The number of aromatic nitrogens is 4.